The van der Waals surface area contributed by atoms with Crippen LogP contribution in [-0.4, -0.2) is 42.6 Å². The van der Waals surface area contributed by atoms with E-state index in [0.29, 0.717) is 18.7 Å². The summed E-state index contributed by atoms with van der Waals surface area (Å²) in [5.41, 5.74) is 0. The van der Waals surface area contributed by atoms with Gasteiger partial charge in [0.25, 0.3) is 5.91 Å². The Balaban J connectivity index is 2.01. The summed E-state index contributed by atoms with van der Waals surface area (Å²) in [4.78, 5) is 25.5. The van der Waals surface area contributed by atoms with Crippen molar-refractivity contribution in [1.29, 1.82) is 0 Å². The van der Waals surface area contributed by atoms with Crippen molar-refractivity contribution >= 4 is 11.9 Å². The molecule has 1 fully saturated rings. The van der Waals surface area contributed by atoms with E-state index in [9.17, 15) is 14.0 Å². The van der Waals surface area contributed by atoms with Crippen molar-refractivity contribution in [2.45, 2.75) is 31.9 Å². The fourth-order valence-electron chi connectivity index (χ4n) is 2.41. The third kappa shape index (κ3) is 3.51. The minimum Gasteiger partial charge on any atom is -0.481 e. The van der Waals surface area contributed by atoms with E-state index in [1.807, 2.05) is 0 Å². The van der Waals surface area contributed by atoms with Crippen LogP contribution in [0.4, 0.5) is 4.39 Å². The van der Waals surface area contributed by atoms with Crippen LogP contribution in [0, 0.1) is 5.82 Å². The Morgan fingerprint density at radius 1 is 1.33 bits per heavy atom. The number of hydrogen-bond donors (Lipinski definition) is 0. The Kier molecular flexibility index (Phi) is 4.77. The lowest BCUT2D eigenvalue weighted by molar-refractivity contribution is -0.153. The number of rotatable bonds is 4. The van der Waals surface area contributed by atoms with Crippen molar-refractivity contribution in [3.8, 4) is 5.75 Å². The van der Waals surface area contributed by atoms with Crippen LogP contribution in [-0.2, 0) is 14.3 Å². The van der Waals surface area contributed by atoms with Gasteiger partial charge < -0.3 is 14.4 Å². The molecular weight excluding hydrogens is 277 g/mol. The van der Waals surface area contributed by atoms with Crippen LogP contribution < -0.4 is 4.74 Å². The van der Waals surface area contributed by atoms with Gasteiger partial charge in [-0.3, -0.25) is 4.79 Å². The molecule has 0 aliphatic carbocycles. The number of benzene rings is 1. The maximum absolute atomic E-state index is 12.8. The number of methoxy groups -OCH3 is 1. The summed E-state index contributed by atoms with van der Waals surface area (Å²) in [6.07, 6.45) is 0.608. The van der Waals surface area contributed by atoms with Crippen molar-refractivity contribution in [3.05, 3.63) is 30.1 Å². The molecule has 1 aromatic carbocycles. The number of esters is 1. The molecule has 6 heteroatoms. The highest BCUT2D eigenvalue weighted by atomic mass is 19.1. The molecule has 1 aliphatic heterocycles. The topological polar surface area (TPSA) is 55.8 Å². The Hall–Kier alpha value is -2.11. The fourth-order valence-corrected chi connectivity index (χ4v) is 2.41. The van der Waals surface area contributed by atoms with E-state index in [0.717, 1.165) is 6.42 Å². The smallest absolute Gasteiger partial charge is 0.328 e. The fraction of sp³-hybridized carbons (Fsp3) is 0.467. The lowest BCUT2D eigenvalue weighted by Gasteiger charge is -2.26. The highest BCUT2D eigenvalue weighted by Gasteiger charge is 2.37. The van der Waals surface area contributed by atoms with Crippen LogP contribution in [0.15, 0.2) is 24.3 Å². The second-order valence-electron chi connectivity index (χ2n) is 4.93. The first-order valence-corrected chi connectivity index (χ1v) is 6.83. The molecule has 1 heterocycles. The summed E-state index contributed by atoms with van der Waals surface area (Å²) < 4.78 is 23.0. The number of carbonyl (C=O) groups is 2. The standard InChI is InChI=1S/C15H18FNO4/c1-10(21-12-7-5-11(16)6-8-12)14(18)17-9-3-4-13(17)15(19)20-2/h5-8,10,13H,3-4,9H2,1-2H3. The molecule has 5 nitrogen and oxygen atoms in total. The summed E-state index contributed by atoms with van der Waals surface area (Å²) in [5.74, 6) is -0.639. The Morgan fingerprint density at radius 2 is 2.00 bits per heavy atom. The number of nitrogens with zero attached hydrogens (tertiary/aromatic N) is 1. The Morgan fingerprint density at radius 3 is 2.62 bits per heavy atom. The van der Waals surface area contributed by atoms with Gasteiger partial charge in [0, 0.05) is 6.54 Å². The minimum absolute atomic E-state index is 0.271. The summed E-state index contributed by atoms with van der Waals surface area (Å²) in [7, 11) is 1.31. The summed E-state index contributed by atoms with van der Waals surface area (Å²) in [6.45, 7) is 2.12. The third-order valence-corrected chi connectivity index (χ3v) is 3.48. The van der Waals surface area contributed by atoms with Crippen molar-refractivity contribution in [1.82, 2.24) is 4.90 Å². The van der Waals surface area contributed by atoms with E-state index in [1.54, 1.807) is 6.92 Å². The first kappa shape index (κ1) is 15.3. The van der Waals surface area contributed by atoms with Crippen LogP contribution >= 0.6 is 0 Å². The molecule has 1 aliphatic rings. The van der Waals surface area contributed by atoms with Gasteiger partial charge in [-0.1, -0.05) is 0 Å². The molecule has 0 bridgehead atoms. The first-order valence-electron chi connectivity index (χ1n) is 6.83. The van der Waals surface area contributed by atoms with Crippen molar-refractivity contribution in [2.75, 3.05) is 13.7 Å². The molecule has 1 saturated heterocycles. The van der Waals surface area contributed by atoms with E-state index < -0.39 is 18.1 Å². The molecule has 0 N–H and O–H groups in total. The SMILES string of the molecule is COC(=O)C1CCCN1C(=O)C(C)Oc1ccc(F)cc1. The average Bonchev–Trinajstić information content (AvgIpc) is 2.97. The summed E-state index contributed by atoms with van der Waals surface area (Å²) in [5, 5.41) is 0. The number of ether oxygens (including phenoxy) is 2. The van der Waals surface area contributed by atoms with Gasteiger partial charge in [0.2, 0.25) is 0 Å². The molecule has 21 heavy (non-hydrogen) atoms. The van der Waals surface area contributed by atoms with Gasteiger partial charge in [0.15, 0.2) is 6.10 Å². The molecule has 0 saturated carbocycles. The molecule has 2 rings (SSSR count). The van der Waals surface area contributed by atoms with Crippen molar-refractivity contribution in [3.63, 3.8) is 0 Å². The maximum atomic E-state index is 12.8. The van der Waals surface area contributed by atoms with Crippen molar-refractivity contribution in [2.24, 2.45) is 0 Å². The lowest BCUT2D eigenvalue weighted by Crippen LogP contribution is -2.46. The number of carbonyl (C=O) groups excluding carboxylic acids is 2. The zero-order valence-corrected chi connectivity index (χ0v) is 12.0. The maximum Gasteiger partial charge on any atom is 0.328 e. The molecule has 2 atom stereocenters. The first-order chi connectivity index (χ1) is 10.0. The number of hydrogen-bond acceptors (Lipinski definition) is 4. The van der Waals surface area contributed by atoms with Gasteiger partial charge in [-0.2, -0.15) is 0 Å². The van der Waals surface area contributed by atoms with E-state index in [1.165, 1.54) is 36.3 Å². The number of likely N-dealkylation sites (tertiary alicyclic amines) is 1. The van der Waals surface area contributed by atoms with Gasteiger partial charge >= 0.3 is 5.97 Å². The minimum atomic E-state index is -0.749. The van der Waals surface area contributed by atoms with E-state index in [-0.39, 0.29) is 11.7 Å². The van der Waals surface area contributed by atoms with E-state index in [2.05, 4.69) is 0 Å². The van der Waals surface area contributed by atoms with Crippen LogP contribution in [0.2, 0.25) is 0 Å². The summed E-state index contributed by atoms with van der Waals surface area (Å²) >= 11 is 0. The monoisotopic (exact) mass is 295 g/mol. The predicted molar refractivity (Wildman–Crippen MR) is 73.2 cm³/mol. The molecule has 0 spiro atoms. The van der Waals surface area contributed by atoms with Gasteiger partial charge in [0.1, 0.15) is 17.6 Å². The molecule has 0 radical (unpaired) electrons. The quantitative estimate of drug-likeness (QED) is 0.794. The molecule has 0 aromatic heterocycles. The molecule has 2 unspecified atom stereocenters. The zero-order valence-electron chi connectivity index (χ0n) is 12.0. The highest BCUT2D eigenvalue weighted by molar-refractivity contribution is 5.87. The zero-order chi connectivity index (χ0) is 15.4. The molecule has 1 aromatic rings. The summed E-state index contributed by atoms with van der Waals surface area (Å²) in [6, 6.07) is 4.91. The average molecular weight is 295 g/mol. The van der Waals surface area contributed by atoms with Gasteiger partial charge in [-0.25, -0.2) is 9.18 Å². The lowest BCUT2D eigenvalue weighted by atomic mass is 10.2. The van der Waals surface area contributed by atoms with E-state index in [4.69, 9.17) is 9.47 Å². The number of halogens is 1. The van der Waals surface area contributed by atoms with Crippen LogP contribution in [0.25, 0.3) is 0 Å². The van der Waals surface area contributed by atoms with Crippen molar-refractivity contribution < 1.29 is 23.5 Å². The second-order valence-corrected chi connectivity index (χ2v) is 4.93. The normalized spacial score (nSPS) is 19.2. The van der Waals surface area contributed by atoms with Crippen LogP contribution in [0.3, 0.4) is 0 Å². The number of amides is 1. The predicted octanol–water partition coefficient (Wildman–Crippen LogP) is 1.76. The molecule has 1 amide bonds. The van der Waals surface area contributed by atoms with Gasteiger partial charge in [-0.05, 0) is 44.0 Å². The van der Waals surface area contributed by atoms with Gasteiger partial charge in [-0.15, -0.1) is 0 Å². The van der Waals surface area contributed by atoms with Gasteiger partial charge in [0.05, 0.1) is 7.11 Å². The third-order valence-electron chi connectivity index (χ3n) is 3.48. The Labute approximate surface area is 122 Å². The highest BCUT2D eigenvalue weighted by Crippen LogP contribution is 2.21. The van der Waals surface area contributed by atoms with Crippen LogP contribution in [0.1, 0.15) is 19.8 Å². The molecule has 114 valence electrons. The Bertz CT molecular complexity index is 517. The second kappa shape index (κ2) is 6.56. The largest absolute Gasteiger partial charge is 0.481 e. The van der Waals surface area contributed by atoms with Crippen LogP contribution in [0.5, 0.6) is 5.75 Å². The molecular formula is C15H18FNO4. The van der Waals surface area contributed by atoms with E-state index >= 15 is 0 Å².